The predicted molar refractivity (Wildman–Crippen MR) is 78.3 cm³/mol. The highest BCUT2D eigenvalue weighted by Gasteiger charge is 2.41. The van der Waals surface area contributed by atoms with E-state index in [0.29, 0.717) is 29.9 Å². The average Bonchev–Trinajstić information content (AvgIpc) is 2.42. The van der Waals surface area contributed by atoms with Crippen LogP contribution in [-0.2, 0) is 9.59 Å². The van der Waals surface area contributed by atoms with Crippen molar-refractivity contribution < 1.29 is 14.0 Å². The molecule has 1 amide bonds. The number of anilines is 1. The molecule has 0 saturated heterocycles. The zero-order valence-electron chi connectivity index (χ0n) is 12.2. The Bertz CT molecular complexity index is 568. The summed E-state index contributed by atoms with van der Waals surface area (Å²) in [7, 11) is 0. The number of nitrogens with one attached hydrogen (secondary N) is 1. The SMILES string of the molecule is Cc1ccc(NC(=O)C2C[C@H]3CCC[C@@H](C2)C3=O)cc1F. The van der Waals surface area contributed by atoms with Crippen LogP contribution in [0.15, 0.2) is 18.2 Å². The Morgan fingerprint density at radius 3 is 2.52 bits per heavy atom. The number of benzene rings is 1. The van der Waals surface area contributed by atoms with Crippen molar-refractivity contribution in [2.75, 3.05) is 5.32 Å². The van der Waals surface area contributed by atoms with Gasteiger partial charge in [-0.25, -0.2) is 4.39 Å². The van der Waals surface area contributed by atoms with Crippen molar-refractivity contribution in [2.45, 2.75) is 39.0 Å². The van der Waals surface area contributed by atoms with Crippen molar-refractivity contribution in [3.63, 3.8) is 0 Å². The van der Waals surface area contributed by atoms with Crippen LogP contribution in [0.1, 0.15) is 37.7 Å². The molecule has 1 aromatic rings. The van der Waals surface area contributed by atoms with Gasteiger partial charge in [0.25, 0.3) is 0 Å². The molecule has 4 heteroatoms. The summed E-state index contributed by atoms with van der Waals surface area (Å²) in [6.45, 7) is 1.69. The number of hydrogen-bond donors (Lipinski definition) is 1. The lowest BCUT2D eigenvalue weighted by molar-refractivity contribution is -0.136. The third-order valence-corrected chi connectivity index (χ3v) is 4.86. The normalized spacial score (nSPS) is 28.3. The van der Waals surface area contributed by atoms with Crippen molar-refractivity contribution in [3.8, 4) is 0 Å². The van der Waals surface area contributed by atoms with Gasteiger partial charge in [0, 0.05) is 23.4 Å². The highest BCUT2D eigenvalue weighted by molar-refractivity contribution is 5.95. The highest BCUT2D eigenvalue weighted by atomic mass is 19.1. The lowest BCUT2D eigenvalue weighted by Crippen LogP contribution is -2.40. The third-order valence-electron chi connectivity index (χ3n) is 4.86. The Balaban J connectivity index is 1.68. The van der Waals surface area contributed by atoms with Crippen LogP contribution in [0.25, 0.3) is 0 Å². The number of hydrogen-bond acceptors (Lipinski definition) is 2. The van der Waals surface area contributed by atoms with E-state index < -0.39 is 0 Å². The number of Topliss-reactive ketones (excluding diaryl/α,β-unsaturated/α-hetero) is 1. The average molecular weight is 289 g/mol. The lowest BCUT2D eigenvalue weighted by Gasteiger charge is -2.36. The largest absolute Gasteiger partial charge is 0.326 e. The molecule has 2 saturated carbocycles. The molecule has 0 aliphatic heterocycles. The molecule has 3 rings (SSSR count). The number of carbonyl (C=O) groups is 2. The summed E-state index contributed by atoms with van der Waals surface area (Å²) in [5.41, 5.74) is 1.05. The van der Waals surface area contributed by atoms with Gasteiger partial charge in [-0.2, -0.15) is 0 Å². The van der Waals surface area contributed by atoms with E-state index in [2.05, 4.69) is 5.32 Å². The minimum absolute atomic E-state index is 0.0583. The smallest absolute Gasteiger partial charge is 0.227 e. The molecular formula is C17H20FNO2. The maximum atomic E-state index is 13.5. The predicted octanol–water partition coefficient (Wildman–Crippen LogP) is 3.47. The van der Waals surface area contributed by atoms with Crippen molar-refractivity contribution in [2.24, 2.45) is 17.8 Å². The van der Waals surface area contributed by atoms with Crippen LogP contribution in [0.2, 0.25) is 0 Å². The standard InChI is InChI=1S/C17H20FNO2/c1-10-5-6-14(9-15(10)18)19-17(21)13-7-11-3-2-4-12(8-13)16(11)20/h5-6,9,11-13H,2-4,7-8H2,1H3,(H,19,21)/t11-,12+,13?. The molecule has 1 aromatic carbocycles. The Hall–Kier alpha value is -1.71. The fraction of sp³-hybridized carbons (Fsp3) is 0.529. The van der Waals surface area contributed by atoms with Crippen LogP contribution in [-0.4, -0.2) is 11.7 Å². The van der Waals surface area contributed by atoms with Crippen molar-refractivity contribution in [1.82, 2.24) is 0 Å². The van der Waals surface area contributed by atoms with Crippen LogP contribution in [0.3, 0.4) is 0 Å². The van der Waals surface area contributed by atoms with Crippen LogP contribution in [0.4, 0.5) is 10.1 Å². The Labute approximate surface area is 123 Å². The molecule has 0 spiro atoms. The molecule has 2 bridgehead atoms. The summed E-state index contributed by atoms with van der Waals surface area (Å²) in [5.74, 6) is -0.0498. The van der Waals surface area contributed by atoms with Crippen LogP contribution in [0, 0.1) is 30.5 Å². The summed E-state index contributed by atoms with van der Waals surface area (Å²) in [5, 5.41) is 2.79. The fourth-order valence-corrected chi connectivity index (χ4v) is 3.61. The number of carbonyl (C=O) groups excluding carboxylic acids is 2. The second kappa shape index (κ2) is 5.58. The minimum atomic E-state index is -0.316. The van der Waals surface area contributed by atoms with Gasteiger partial charge in [-0.3, -0.25) is 9.59 Å². The maximum absolute atomic E-state index is 13.5. The van der Waals surface area contributed by atoms with Crippen LogP contribution >= 0.6 is 0 Å². The first-order valence-corrected chi connectivity index (χ1v) is 7.65. The van der Waals surface area contributed by atoms with Crippen LogP contribution in [0.5, 0.6) is 0 Å². The Morgan fingerprint density at radius 2 is 1.90 bits per heavy atom. The molecule has 112 valence electrons. The first-order valence-electron chi connectivity index (χ1n) is 7.65. The van der Waals surface area contributed by atoms with E-state index in [1.165, 1.54) is 6.07 Å². The van der Waals surface area contributed by atoms with Crippen LogP contribution < -0.4 is 5.32 Å². The molecule has 2 aliphatic rings. The van der Waals surface area contributed by atoms with Gasteiger partial charge in [-0.15, -0.1) is 0 Å². The van der Waals surface area contributed by atoms with E-state index in [1.807, 2.05) is 0 Å². The van der Waals surface area contributed by atoms with E-state index >= 15 is 0 Å². The van der Waals surface area contributed by atoms with Gasteiger partial charge in [0.2, 0.25) is 5.91 Å². The molecule has 1 unspecified atom stereocenters. The zero-order chi connectivity index (χ0) is 15.0. The maximum Gasteiger partial charge on any atom is 0.227 e. The molecular weight excluding hydrogens is 269 g/mol. The number of aryl methyl sites for hydroxylation is 1. The molecule has 0 radical (unpaired) electrons. The first kappa shape index (κ1) is 14.2. The zero-order valence-corrected chi connectivity index (χ0v) is 12.2. The summed E-state index contributed by atoms with van der Waals surface area (Å²) in [6, 6.07) is 4.72. The van der Waals surface area contributed by atoms with Gasteiger partial charge in [0.05, 0.1) is 0 Å². The summed E-state index contributed by atoms with van der Waals surface area (Å²) >= 11 is 0. The van der Waals surface area contributed by atoms with Crippen molar-refractivity contribution >= 4 is 17.4 Å². The molecule has 0 heterocycles. The number of fused-ring (bicyclic) bond motifs is 2. The Kier molecular flexibility index (Phi) is 3.79. The molecule has 3 nitrogen and oxygen atoms in total. The van der Waals surface area contributed by atoms with Crippen molar-refractivity contribution in [1.29, 1.82) is 0 Å². The molecule has 2 aliphatic carbocycles. The molecule has 2 fully saturated rings. The van der Waals surface area contributed by atoms with Gasteiger partial charge in [-0.1, -0.05) is 12.5 Å². The first-order chi connectivity index (χ1) is 10.0. The van der Waals surface area contributed by atoms with E-state index in [9.17, 15) is 14.0 Å². The second-order valence-corrected chi connectivity index (χ2v) is 6.35. The van der Waals surface area contributed by atoms with E-state index in [0.717, 1.165) is 19.3 Å². The molecule has 3 atom stereocenters. The van der Waals surface area contributed by atoms with E-state index in [1.54, 1.807) is 19.1 Å². The van der Waals surface area contributed by atoms with Gasteiger partial charge in [0.15, 0.2) is 0 Å². The monoisotopic (exact) mass is 289 g/mol. The van der Waals surface area contributed by atoms with Gasteiger partial charge >= 0.3 is 0 Å². The molecule has 1 N–H and O–H groups in total. The van der Waals surface area contributed by atoms with Gasteiger partial charge in [-0.05, 0) is 50.3 Å². The number of amides is 1. The molecule has 21 heavy (non-hydrogen) atoms. The Morgan fingerprint density at radius 1 is 1.24 bits per heavy atom. The number of halogens is 1. The third kappa shape index (κ3) is 2.85. The van der Waals surface area contributed by atoms with Gasteiger partial charge < -0.3 is 5.32 Å². The van der Waals surface area contributed by atoms with Crippen molar-refractivity contribution in [3.05, 3.63) is 29.6 Å². The van der Waals surface area contributed by atoms with E-state index in [-0.39, 0.29) is 29.5 Å². The number of ketones is 1. The topological polar surface area (TPSA) is 46.2 Å². The second-order valence-electron chi connectivity index (χ2n) is 6.35. The summed E-state index contributed by atoms with van der Waals surface area (Å²) < 4.78 is 13.5. The number of rotatable bonds is 2. The fourth-order valence-electron chi connectivity index (χ4n) is 3.61. The highest BCUT2D eigenvalue weighted by Crippen LogP contribution is 2.40. The van der Waals surface area contributed by atoms with Gasteiger partial charge in [0.1, 0.15) is 11.6 Å². The summed E-state index contributed by atoms with van der Waals surface area (Å²) in [6.07, 6.45) is 4.22. The molecule has 0 aromatic heterocycles. The minimum Gasteiger partial charge on any atom is -0.326 e. The lowest BCUT2D eigenvalue weighted by atomic mass is 9.67. The van der Waals surface area contributed by atoms with E-state index in [4.69, 9.17) is 0 Å². The summed E-state index contributed by atoms with van der Waals surface area (Å²) in [4.78, 5) is 24.4. The quantitative estimate of drug-likeness (QED) is 0.906.